The largest absolute Gasteiger partial charge is 0.382 e. The zero-order chi connectivity index (χ0) is 10.7. The van der Waals surface area contributed by atoms with Crippen molar-refractivity contribution in [3.8, 4) is 0 Å². The van der Waals surface area contributed by atoms with E-state index in [1.807, 2.05) is 0 Å². The molecule has 0 aliphatic rings. The van der Waals surface area contributed by atoms with Crippen LogP contribution in [-0.4, -0.2) is 9.97 Å². The van der Waals surface area contributed by atoms with Crippen molar-refractivity contribution in [2.45, 2.75) is 13.5 Å². The van der Waals surface area contributed by atoms with Crippen LogP contribution in [0.25, 0.3) is 0 Å². The molecule has 2 rings (SSSR count). The quantitative estimate of drug-likeness (QED) is 0.830. The molecule has 2 aromatic rings. The molecule has 0 saturated heterocycles. The lowest BCUT2D eigenvalue weighted by Crippen LogP contribution is -2.03. The van der Waals surface area contributed by atoms with Crippen molar-refractivity contribution in [1.29, 1.82) is 0 Å². The lowest BCUT2D eigenvalue weighted by molar-refractivity contribution is 1.08. The highest BCUT2D eigenvalue weighted by molar-refractivity contribution is 7.08. The summed E-state index contributed by atoms with van der Waals surface area (Å²) in [4.78, 5) is 8.07. The molecule has 78 valence electrons. The summed E-state index contributed by atoms with van der Waals surface area (Å²) in [7, 11) is 0. The summed E-state index contributed by atoms with van der Waals surface area (Å²) in [5.74, 6) is 1.14. The Kier molecular flexibility index (Phi) is 2.82. The third-order valence-electron chi connectivity index (χ3n) is 2.07. The highest BCUT2D eigenvalue weighted by Gasteiger charge is 2.00. The van der Waals surface area contributed by atoms with Crippen LogP contribution in [0.4, 0.5) is 11.6 Å². The maximum absolute atomic E-state index is 5.53. The van der Waals surface area contributed by atoms with Crippen LogP contribution >= 0.6 is 11.3 Å². The Morgan fingerprint density at radius 1 is 1.40 bits per heavy atom. The Labute approximate surface area is 92.2 Å². The minimum absolute atomic E-state index is 0.432. The van der Waals surface area contributed by atoms with Gasteiger partial charge in [0.2, 0.25) is 0 Å². The van der Waals surface area contributed by atoms with Gasteiger partial charge in [0.15, 0.2) is 0 Å². The lowest BCUT2D eigenvalue weighted by Gasteiger charge is -2.04. The summed E-state index contributed by atoms with van der Waals surface area (Å²) in [5, 5.41) is 7.44. The van der Waals surface area contributed by atoms with Gasteiger partial charge in [-0.2, -0.15) is 11.3 Å². The molecular formula is C10H12N4S. The zero-order valence-electron chi connectivity index (χ0n) is 8.40. The predicted octanol–water partition coefficient (Wildman–Crippen LogP) is 2.04. The highest BCUT2D eigenvalue weighted by atomic mass is 32.1. The molecule has 0 saturated carbocycles. The Bertz CT molecular complexity index is 452. The molecule has 3 N–H and O–H groups in total. The van der Waals surface area contributed by atoms with Gasteiger partial charge in [-0.15, -0.1) is 0 Å². The summed E-state index contributed by atoms with van der Waals surface area (Å²) >= 11 is 1.70. The summed E-state index contributed by atoms with van der Waals surface area (Å²) in [6.07, 6.45) is 3.19. The van der Waals surface area contributed by atoms with Crippen molar-refractivity contribution < 1.29 is 0 Å². The minimum atomic E-state index is 0.432. The van der Waals surface area contributed by atoms with E-state index < -0.39 is 0 Å². The Hall–Kier alpha value is -1.62. The van der Waals surface area contributed by atoms with E-state index >= 15 is 0 Å². The fourth-order valence-corrected chi connectivity index (χ4v) is 2.08. The van der Waals surface area contributed by atoms with Crippen LogP contribution in [0.3, 0.4) is 0 Å². The second-order valence-corrected chi connectivity index (χ2v) is 4.01. The Balaban J connectivity index is 2.02. The van der Waals surface area contributed by atoms with E-state index in [2.05, 4.69) is 33.0 Å². The second kappa shape index (κ2) is 4.27. The molecule has 2 heterocycles. The van der Waals surface area contributed by atoms with Crippen LogP contribution in [-0.2, 0) is 6.54 Å². The van der Waals surface area contributed by atoms with Crippen molar-refractivity contribution in [2.24, 2.45) is 0 Å². The molecule has 0 aromatic carbocycles. The maximum Gasteiger partial charge on any atom is 0.147 e. The summed E-state index contributed by atoms with van der Waals surface area (Å²) in [6, 6.07) is 0. The summed E-state index contributed by atoms with van der Waals surface area (Å²) in [5.41, 5.74) is 8.10. The Morgan fingerprint density at radius 3 is 2.93 bits per heavy atom. The molecule has 0 atom stereocenters. The number of anilines is 2. The second-order valence-electron chi connectivity index (χ2n) is 3.26. The van der Waals surface area contributed by atoms with Gasteiger partial charge in [-0.05, 0) is 28.8 Å². The fraction of sp³-hybridized carbons (Fsp3) is 0.200. The van der Waals surface area contributed by atoms with Gasteiger partial charge in [-0.1, -0.05) is 0 Å². The van der Waals surface area contributed by atoms with Gasteiger partial charge in [0.25, 0.3) is 0 Å². The van der Waals surface area contributed by atoms with Gasteiger partial charge in [0, 0.05) is 6.54 Å². The van der Waals surface area contributed by atoms with Crippen LogP contribution in [0, 0.1) is 6.92 Å². The topological polar surface area (TPSA) is 63.8 Å². The molecule has 0 bridgehead atoms. The van der Waals surface area contributed by atoms with E-state index in [9.17, 15) is 0 Å². The van der Waals surface area contributed by atoms with E-state index in [1.54, 1.807) is 17.5 Å². The molecular weight excluding hydrogens is 208 g/mol. The first-order valence-corrected chi connectivity index (χ1v) is 5.53. The third-order valence-corrected chi connectivity index (χ3v) is 2.98. The van der Waals surface area contributed by atoms with Gasteiger partial charge in [-0.25, -0.2) is 4.98 Å². The minimum Gasteiger partial charge on any atom is -0.382 e. The van der Waals surface area contributed by atoms with E-state index in [-0.39, 0.29) is 0 Å². The predicted molar refractivity (Wildman–Crippen MR) is 62.8 cm³/mol. The molecule has 0 radical (unpaired) electrons. The average Bonchev–Trinajstić information content (AvgIpc) is 2.61. The van der Waals surface area contributed by atoms with Gasteiger partial charge in [0.1, 0.15) is 11.6 Å². The van der Waals surface area contributed by atoms with Crippen LogP contribution in [0.5, 0.6) is 0 Å². The number of nitrogens with one attached hydrogen (secondary N) is 1. The number of aryl methyl sites for hydroxylation is 1. The smallest absolute Gasteiger partial charge is 0.147 e. The summed E-state index contributed by atoms with van der Waals surface area (Å²) in [6.45, 7) is 2.85. The fourth-order valence-electron chi connectivity index (χ4n) is 1.22. The van der Waals surface area contributed by atoms with Crippen LogP contribution in [0.15, 0.2) is 23.2 Å². The number of nitrogen functional groups attached to an aromatic ring is 1. The van der Waals surface area contributed by atoms with E-state index in [4.69, 9.17) is 5.73 Å². The van der Waals surface area contributed by atoms with Crippen molar-refractivity contribution in [3.63, 3.8) is 0 Å². The molecule has 0 spiro atoms. The van der Waals surface area contributed by atoms with Crippen LogP contribution in [0.1, 0.15) is 11.1 Å². The number of aromatic nitrogens is 2. The number of rotatable bonds is 3. The monoisotopic (exact) mass is 220 g/mol. The zero-order valence-corrected chi connectivity index (χ0v) is 9.21. The first-order chi connectivity index (χ1) is 7.25. The molecule has 0 aliphatic carbocycles. The molecule has 0 unspecified atom stereocenters. The molecule has 0 aliphatic heterocycles. The standard InChI is InChI=1S/C10H12N4S/c1-7-5-15-6-8(7)2-13-10-4-12-3-9(11)14-10/h3-6H,2H2,1H3,(H3,11,13,14). The van der Waals surface area contributed by atoms with Crippen molar-refractivity contribution in [3.05, 3.63) is 34.3 Å². The highest BCUT2D eigenvalue weighted by Crippen LogP contribution is 2.15. The molecule has 4 nitrogen and oxygen atoms in total. The molecule has 2 aromatic heterocycles. The molecule has 0 amide bonds. The number of nitrogens with two attached hydrogens (primary N) is 1. The average molecular weight is 220 g/mol. The lowest BCUT2D eigenvalue weighted by atomic mass is 10.2. The maximum atomic E-state index is 5.53. The SMILES string of the molecule is Cc1cscc1CNc1cncc(N)n1. The number of hydrogen-bond donors (Lipinski definition) is 2. The van der Waals surface area contributed by atoms with E-state index in [1.165, 1.54) is 17.3 Å². The molecule has 0 fully saturated rings. The Morgan fingerprint density at radius 2 is 2.27 bits per heavy atom. The number of thiophene rings is 1. The van der Waals surface area contributed by atoms with E-state index in [0.717, 1.165) is 6.54 Å². The van der Waals surface area contributed by atoms with Gasteiger partial charge in [0.05, 0.1) is 12.4 Å². The van der Waals surface area contributed by atoms with Gasteiger partial charge >= 0.3 is 0 Å². The number of hydrogen-bond acceptors (Lipinski definition) is 5. The summed E-state index contributed by atoms with van der Waals surface area (Å²) < 4.78 is 0. The van der Waals surface area contributed by atoms with Gasteiger partial charge in [-0.3, -0.25) is 4.98 Å². The van der Waals surface area contributed by atoms with Gasteiger partial charge < -0.3 is 11.1 Å². The number of nitrogens with zero attached hydrogens (tertiary/aromatic N) is 2. The van der Waals surface area contributed by atoms with Crippen LogP contribution in [0.2, 0.25) is 0 Å². The van der Waals surface area contributed by atoms with Crippen molar-refractivity contribution >= 4 is 23.0 Å². The third kappa shape index (κ3) is 2.44. The normalized spacial score (nSPS) is 10.2. The van der Waals surface area contributed by atoms with Crippen molar-refractivity contribution in [1.82, 2.24) is 9.97 Å². The first-order valence-electron chi connectivity index (χ1n) is 4.59. The van der Waals surface area contributed by atoms with Crippen LogP contribution < -0.4 is 11.1 Å². The molecule has 5 heteroatoms. The van der Waals surface area contributed by atoms with E-state index in [0.29, 0.717) is 11.6 Å². The molecule has 15 heavy (non-hydrogen) atoms. The first kappa shape index (κ1) is 9.92. The van der Waals surface area contributed by atoms with Crippen molar-refractivity contribution in [2.75, 3.05) is 11.1 Å².